The van der Waals surface area contributed by atoms with Gasteiger partial charge in [0, 0.05) is 10.7 Å². The minimum absolute atomic E-state index is 0.0410. The zero-order valence-corrected chi connectivity index (χ0v) is 13.3. The zero-order chi connectivity index (χ0) is 16.2. The monoisotopic (exact) mass is 333 g/mol. The average molecular weight is 334 g/mol. The Morgan fingerprint density at radius 2 is 1.83 bits per heavy atom. The second-order valence-corrected chi connectivity index (χ2v) is 6.06. The quantitative estimate of drug-likeness (QED) is 0.850. The number of ether oxygens (including phenoxy) is 1. The van der Waals surface area contributed by atoms with E-state index in [4.69, 9.17) is 16.3 Å². The molecule has 0 bridgehead atoms. The summed E-state index contributed by atoms with van der Waals surface area (Å²) in [5, 5.41) is 2.92. The van der Waals surface area contributed by atoms with Crippen LogP contribution in [0.2, 0.25) is 5.02 Å². The molecule has 0 radical (unpaired) electrons. The minimum Gasteiger partial charge on any atom is -0.490 e. The summed E-state index contributed by atoms with van der Waals surface area (Å²) in [6, 6.07) is 11.1. The molecule has 2 aromatic carbocycles. The average Bonchev–Trinajstić information content (AvgIpc) is 3.02. The van der Waals surface area contributed by atoms with E-state index in [-0.39, 0.29) is 10.6 Å². The first-order valence-corrected chi connectivity index (χ1v) is 8.03. The summed E-state index contributed by atoms with van der Waals surface area (Å²) in [6.45, 7) is 0. The fourth-order valence-corrected chi connectivity index (χ4v) is 2.85. The summed E-state index contributed by atoms with van der Waals surface area (Å²) in [5.74, 6) is -0.368. The van der Waals surface area contributed by atoms with Crippen molar-refractivity contribution in [1.82, 2.24) is 0 Å². The van der Waals surface area contributed by atoms with Crippen LogP contribution in [-0.2, 0) is 0 Å². The maximum absolute atomic E-state index is 13.7. The molecule has 0 aromatic heterocycles. The zero-order valence-electron chi connectivity index (χ0n) is 12.5. The minimum atomic E-state index is -0.642. The van der Waals surface area contributed by atoms with Gasteiger partial charge in [-0.25, -0.2) is 4.39 Å². The SMILES string of the molecule is O=C(Nc1ccc(OC2CCCC2)cc1)c1ccc(Cl)cc1F. The molecule has 3 rings (SSSR count). The summed E-state index contributed by atoms with van der Waals surface area (Å²) in [4.78, 5) is 12.1. The van der Waals surface area contributed by atoms with Gasteiger partial charge in [0.1, 0.15) is 11.6 Å². The molecule has 0 spiro atoms. The number of hydrogen-bond acceptors (Lipinski definition) is 2. The molecule has 0 atom stereocenters. The van der Waals surface area contributed by atoms with E-state index in [2.05, 4.69) is 5.32 Å². The van der Waals surface area contributed by atoms with E-state index in [1.165, 1.54) is 25.0 Å². The first-order valence-electron chi connectivity index (χ1n) is 7.65. The molecule has 5 heteroatoms. The van der Waals surface area contributed by atoms with Gasteiger partial charge in [-0.1, -0.05) is 11.6 Å². The summed E-state index contributed by atoms with van der Waals surface area (Å²) in [7, 11) is 0. The molecule has 0 aliphatic heterocycles. The highest BCUT2D eigenvalue weighted by atomic mass is 35.5. The van der Waals surface area contributed by atoms with E-state index >= 15 is 0 Å². The lowest BCUT2D eigenvalue weighted by Crippen LogP contribution is -2.14. The Morgan fingerprint density at radius 3 is 2.48 bits per heavy atom. The number of nitrogens with one attached hydrogen (secondary N) is 1. The molecule has 1 saturated carbocycles. The van der Waals surface area contributed by atoms with E-state index in [1.807, 2.05) is 12.1 Å². The van der Waals surface area contributed by atoms with Gasteiger partial charge in [-0.15, -0.1) is 0 Å². The van der Waals surface area contributed by atoms with Crippen molar-refractivity contribution in [3.63, 3.8) is 0 Å². The van der Waals surface area contributed by atoms with Gasteiger partial charge >= 0.3 is 0 Å². The third-order valence-electron chi connectivity index (χ3n) is 3.89. The molecule has 1 N–H and O–H groups in total. The Labute approximate surface area is 139 Å². The van der Waals surface area contributed by atoms with Crippen molar-refractivity contribution >= 4 is 23.2 Å². The second-order valence-electron chi connectivity index (χ2n) is 5.63. The van der Waals surface area contributed by atoms with Crippen LogP contribution in [0.15, 0.2) is 42.5 Å². The highest BCUT2D eigenvalue weighted by Crippen LogP contribution is 2.25. The number of anilines is 1. The molecule has 23 heavy (non-hydrogen) atoms. The number of rotatable bonds is 4. The van der Waals surface area contributed by atoms with Crippen molar-refractivity contribution in [2.45, 2.75) is 31.8 Å². The maximum Gasteiger partial charge on any atom is 0.258 e. The Hall–Kier alpha value is -2.07. The number of hydrogen-bond donors (Lipinski definition) is 1. The molecule has 1 aliphatic carbocycles. The van der Waals surface area contributed by atoms with Gasteiger partial charge in [-0.05, 0) is 68.1 Å². The normalized spacial score (nSPS) is 14.7. The van der Waals surface area contributed by atoms with Crippen LogP contribution in [0, 0.1) is 5.82 Å². The van der Waals surface area contributed by atoms with Crippen molar-refractivity contribution in [1.29, 1.82) is 0 Å². The Balaban J connectivity index is 1.64. The van der Waals surface area contributed by atoms with E-state index in [9.17, 15) is 9.18 Å². The van der Waals surface area contributed by atoms with Crippen LogP contribution in [0.1, 0.15) is 36.0 Å². The third-order valence-corrected chi connectivity index (χ3v) is 4.13. The number of benzene rings is 2. The molecule has 1 fully saturated rings. The van der Waals surface area contributed by atoms with Gasteiger partial charge in [0.05, 0.1) is 11.7 Å². The summed E-state index contributed by atoms with van der Waals surface area (Å²) in [5.41, 5.74) is 0.545. The van der Waals surface area contributed by atoms with Crippen LogP contribution in [0.25, 0.3) is 0 Å². The highest BCUT2D eigenvalue weighted by molar-refractivity contribution is 6.30. The summed E-state index contributed by atoms with van der Waals surface area (Å²) in [6.07, 6.45) is 4.90. The smallest absolute Gasteiger partial charge is 0.258 e. The molecule has 0 heterocycles. The van der Waals surface area contributed by atoms with Crippen LogP contribution in [0.4, 0.5) is 10.1 Å². The third kappa shape index (κ3) is 4.02. The van der Waals surface area contributed by atoms with Crippen molar-refractivity contribution in [3.05, 3.63) is 58.9 Å². The van der Waals surface area contributed by atoms with E-state index in [0.29, 0.717) is 11.8 Å². The standard InChI is InChI=1S/C18H17ClFNO2/c19-12-5-10-16(17(20)11-12)18(22)21-13-6-8-15(9-7-13)23-14-3-1-2-4-14/h5-11,14H,1-4H2,(H,21,22). The lowest BCUT2D eigenvalue weighted by molar-refractivity contribution is 0.102. The Morgan fingerprint density at radius 1 is 1.13 bits per heavy atom. The van der Waals surface area contributed by atoms with E-state index < -0.39 is 11.7 Å². The molecule has 1 amide bonds. The molecule has 0 saturated heterocycles. The van der Waals surface area contributed by atoms with Crippen LogP contribution < -0.4 is 10.1 Å². The van der Waals surface area contributed by atoms with Gasteiger partial charge in [-0.3, -0.25) is 4.79 Å². The van der Waals surface area contributed by atoms with Gasteiger partial charge < -0.3 is 10.1 Å². The summed E-state index contributed by atoms with van der Waals surface area (Å²) < 4.78 is 19.6. The Kier molecular flexibility index (Phi) is 4.82. The van der Waals surface area contributed by atoms with Crippen molar-refractivity contribution in [2.75, 3.05) is 5.32 Å². The molecule has 2 aromatic rings. The molecular weight excluding hydrogens is 317 g/mol. The van der Waals surface area contributed by atoms with Gasteiger partial charge in [-0.2, -0.15) is 0 Å². The Bertz CT molecular complexity index is 697. The molecular formula is C18H17ClFNO2. The molecule has 120 valence electrons. The van der Waals surface area contributed by atoms with Crippen LogP contribution >= 0.6 is 11.6 Å². The highest BCUT2D eigenvalue weighted by Gasteiger charge is 2.16. The van der Waals surface area contributed by atoms with Gasteiger partial charge in [0.2, 0.25) is 0 Å². The number of carbonyl (C=O) groups is 1. The lowest BCUT2D eigenvalue weighted by Gasteiger charge is -2.13. The molecule has 3 nitrogen and oxygen atoms in total. The van der Waals surface area contributed by atoms with E-state index in [1.54, 1.807) is 12.1 Å². The number of carbonyl (C=O) groups excluding carboxylic acids is 1. The van der Waals surface area contributed by atoms with Crippen molar-refractivity contribution in [3.8, 4) is 5.75 Å². The molecule has 1 aliphatic rings. The predicted molar refractivity (Wildman–Crippen MR) is 88.7 cm³/mol. The van der Waals surface area contributed by atoms with Crippen LogP contribution in [0.5, 0.6) is 5.75 Å². The van der Waals surface area contributed by atoms with Crippen LogP contribution in [-0.4, -0.2) is 12.0 Å². The predicted octanol–water partition coefficient (Wildman–Crippen LogP) is 5.05. The van der Waals surface area contributed by atoms with Gasteiger partial charge in [0.25, 0.3) is 5.91 Å². The fourth-order valence-electron chi connectivity index (χ4n) is 2.69. The number of halogens is 2. The number of amides is 1. The summed E-state index contributed by atoms with van der Waals surface area (Å²) >= 11 is 5.68. The topological polar surface area (TPSA) is 38.3 Å². The van der Waals surface area contributed by atoms with Gasteiger partial charge in [0.15, 0.2) is 0 Å². The van der Waals surface area contributed by atoms with E-state index in [0.717, 1.165) is 24.7 Å². The maximum atomic E-state index is 13.7. The van der Waals surface area contributed by atoms with Crippen LogP contribution in [0.3, 0.4) is 0 Å². The lowest BCUT2D eigenvalue weighted by atomic mass is 10.2. The molecule has 0 unspecified atom stereocenters. The second kappa shape index (κ2) is 7.01. The van der Waals surface area contributed by atoms with Crippen molar-refractivity contribution in [2.24, 2.45) is 0 Å². The largest absolute Gasteiger partial charge is 0.490 e. The first-order chi connectivity index (χ1) is 11.1. The fraction of sp³-hybridized carbons (Fsp3) is 0.278. The first kappa shape index (κ1) is 15.8. The van der Waals surface area contributed by atoms with Crippen molar-refractivity contribution < 1.29 is 13.9 Å².